The van der Waals surface area contributed by atoms with Gasteiger partial charge >= 0.3 is 0 Å². The molecule has 0 spiro atoms. The van der Waals surface area contributed by atoms with Crippen molar-refractivity contribution in [1.82, 2.24) is 14.5 Å². The van der Waals surface area contributed by atoms with Crippen molar-refractivity contribution in [3.63, 3.8) is 0 Å². The molecule has 0 radical (unpaired) electrons. The maximum Gasteiger partial charge on any atom is 0.242 e. The highest BCUT2D eigenvalue weighted by Crippen LogP contribution is 2.15. The fourth-order valence-corrected chi connectivity index (χ4v) is 2.52. The van der Waals surface area contributed by atoms with E-state index in [0.29, 0.717) is 0 Å². The minimum absolute atomic E-state index is 0.0398. The Morgan fingerprint density at radius 1 is 1.41 bits per heavy atom. The van der Waals surface area contributed by atoms with Crippen LogP contribution < -0.4 is 5.32 Å². The van der Waals surface area contributed by atoms with Crippen molar-refractivity contribution in [2.24, 2.45) is 0 Å². The first-order chi connectivity index (χ1) is 8.27. The average molecular weight is 254 g/mol. The number of nitrogens with zero attached hydrogens (tertiary/aromatic N) is 3. The molecule has 94 valence electrons. The van der Waals surface area contributed by atoms with Crippen LogP contribution in [0.5, 0.6) is 0 Å². The van der Waals surface area contributed by atoms with Gasteiger partial charge in [-0.1, -0.05) is 17.3 Å². The van der Waals surface area contributed by atoms with Gasteiger partial charge in [0.05, 0.1) is 12.2 Å². The lowest BCUT2D eigenvalue weighted by atomic mass is 10.2. The second kappa shape index (κ2) is 6.07. The zero-order valence-electron chi connectivity index (χ0n) is 10.1. The Balaban J connectivity index is 1.89. The van der Waals surface area contributed by atoms with Crippen LogP contribution in [0.1, 0.15) is 32.6 Å². The van der Waals surface area contributed by atoms with Gasteiger partial charge in [0, 0.05) is 11.5 Å². The molecule has 1 amide bonds. The van der Waals surface area contributed by atoms with Crippen LogP contribution in [0.15, 0.2) is 6.20 Å². The molecule has 2 heterocycles. The number of hydrogen-bond donors (Lipinski definition) is 1. The summed E-state index contributed by atoms with van der Waals surface area (Å²) in [5.41, 5.74) is 0. The molecule has 1 saturated heterocycles. The second-order valence-electron chi connectivity index (χ2n) is 4.40. The molecule has 2 rings (SSSR count). The van der Waals surface area contributed by atoms with E-state index in [1.807, 2.05) is 6.92 Å². The molecule has 1 aromatic heterocycles. The minimum atomic E-state index is -0.0739. The number of likely N-dealkylation sites (tertiary alicyclic amines) is 1. The summed E-state index contributed by atoms with van der Waals surface area (Å²) < 4.78 is 3.73. The normalized spacial score (nSPS) is 19.6. The van der Waals surface area contributed by atoms with Crippen LogP contribution in [-0.2, 0) is 4.79 Å². The summed E-state index contributed by atoms with van der Waals surface area (Å²) in [6.45, 7) is 4.01. The highest BCUT2D eigenvalue weighted by atomic mass is 32.1. The molecule has 0 saturated carbocycles. The van der Waals surface area contributed by atoms with Gasteiger partial charge < -0.3 is 5.32 Å². The first-order valence-corrected chi connectivity index (χ1v) is 6.87. The number of nitrogens with one attached hydrogen (secondary N) is 1. The largest absolute Gasteiger partial charge is 0.314 e. The smallest absolute Gasteiger partial charge is 0.242 e. The summed E-state index contributed by atoms with van der Waals surface area (Å²) in [6.07, 6.45) is 6.53. The molecule has 1 N–H and O–H groups in total. The zero-order chi connectivity index (χ0) is 12.1. The SMILES string of the molecule is CC(C(=O)Nc1cnns1)N1CCCCCC1. The van der Waals surface area contributed by atoms with Crippen LogP contribution in [0.25, 0.3) is 0 Å². The van der Waals surface area contributed by atoms with Gasteiger partial charge in [0.1, 0.15) is 5.00 Å². The molecule has 6 heteroatoms. The summed E-state index contributed by atoms with van der Waals surface area (Å²) in [7, 11) is 0. The third-order valence-electron chi connectivity index (χ3n) is 3.18. The molecule has 1 fully saturated rings. The van der Waals surface area contributed by atoms with E-state index in [9.17, 15) is 4.79 Å². The Morgan fingerprint density at radius 3 is 2.71 bits per heavy atom. The third-order valence-corrected chi connectivity index (χ3v) is 3.76. The van der Waals surface area contributed by atoms with E-state index in [-0.39, 0.29) is 11.9 Å². The number of rotatable bonds is 3. The quantitative estimate of drug-likeness (QED) is 0.892. The van der Waals surface area contributed by atoms with Crippen molar-refractivity contribution in [2.75, 3.05) is 18.4 Å². The summed E-state index contributed by atoms with van der Waals surface area (Å²) in [5, 5.41) is 7.27. The van der Waals surface area contributed by atoms with E-state index >= 15 is 0 Å². The van der Waals surface area contributed by atoms with Crippen LogP contribution in [-0.4, -0.2) is 39.5 Å². The van der Waals surface area contributed by atoms with E-state index in [1.165, 1.54) is 37.2 Å². The van der Waals surface area contributed by atoms with Crippen molar-refractivity contribution in [3.05, 3.63) is 6.20 Å². The lowest BCUT2D eigenvalue weighted by Crippen LogP contribution is -2.42. The van der Waals surface area contributed by atoms with Crippen molar-refractivity contribution < 1.29 is 4.79 Å². The highest BCUT2D eigenvalue weighted by Gasteiger charge is 2.22. The topological polar surface area (TPSA) is 58.1 Å². The molecule has 0 aromatic carbocycles. The van der Waals surface area contributed by atoms with Crippen molar-refractivity contribution in [1.29, 1.82) is 0 Å². The summed E-state index contributed by atoms with van der Waals surface area (Å²) in [4.78, 5) is 14.3. The highest BCUT2D eigenvalue weighted by molar-refractivity contribution is 7.10. The fourth-order valence-electron chi connectivity index (χ4n) is 2.10. The Labute approximate surface area is 105 Å². The van der Waals surface area contributed by atoms with E-state index in [4.69, 9.17) is 0 Å². The Kier molecular flexibility index (Phi) is 4.44. The molecule has 1 unspecified atom stereocenters. The monoisotopic (exact) mass is 254 g/mol. The van der Waals surface area contributed by atoms with Gasteiger partial charge in [-0.05, 0) is 32.9 Å². The van der Waals surface area contributed by atoms with Crippen molar-refractivity contribution in [2.45, 2.75) is 38.6 Å². The molecule has 5 nitrogen and oxygen atoms in total. The molecule has 1 aliphatic heterocycles. The molecular weight excluding hydrogens is 236 g/mol. The number of hydrogen-bond acceptors (Lipinski definition) is 5. The zero-order valence-corrected chi connectivity index (χ0v) is 10.9. The van der Waals surface area contributed by atoms with Crippen LogP contribution in [0.4, 0.5) is 5.00 Å². The Hall–Kier alpha value is -1.01. The summed E-state index contributed by atoms with van der Waals surface area (Å²) in [6, 6.07) is -0.0739. The standard InChI is InChI=1S/C11H18N4OS/c1-9(15-6-4-2-3-5-7-15)11(16)13-10-8-12-14-17-10/h8-9H,2-7H2,1H3,(H,13,16). The first kappa shape index (κ1) is 12.4. The maximum absolute atomic E-state index is 12.0. The predicted octanol–water partition coefficient (Wildman–Crippen LogP) is 1.74. The van der Waals surface area contributed by atoms with Gasteiger partial charge in [0.2, 0.25) is 5.91 Å². The molecular formula is C11H18N4OS. The summed E-state index contributed by atoms with van der Waals surface area (Å²) >= 11 is 1.21. The number of carbonyl (C=O) groups excluding carboxylic acids is 1. The van der Waals surface area contributed by atoms with Gasteiger partial charge in [-0.15, -0.1) is 5.10 Å². The van der Waals surface area contributed by atoms with Gasteiger partial charge in [0.25, 0.3) is 0 Å². The average Bonchev–Trinajstić information content (AvgIpc) is 2.68. The summed E-state index contributed by atoms with van der Waals surface area (Å²) in [5.74, 6) is 0.0398. The van der Waals surface area contributed by atoms with E-state index in [0.717, 1.165) is 18.1 Å². The van der Waals surface area contributed by atoms with Crippen LogP contribution >= 0.6 is 11.5 Å². The fraction of sp³-hybridized carbons (Fsp3) is 0.727. The molecule has 1 aromatic rings. The third kappa shape index (κ3) is 3.47. The van der Waals surface area contributed by atoms with E-state index in [1.54, 1.807) is 6.20 Å². The molecule has 0 aliphatic carbocycles. The second-order valence-corrected chi connectivity index (χ2v) is 5.18. The van der Waals surface area contributed by atoms with Gasteiger partial charge in [0.15, 0.2) is 0 Å². The molecule has 17 heavy (non-hydrogen) atoms. The molecule has 0 bridgehead atoms. The lowest BCUT2D eigenvalue weighted by molar-refractivity contribution is -0.120. The Morgan fingerprint density at radius 2 is 2.12 bits per heavy atom. The van der Waals surface area contributed by atoms with E-state index < -0.39 is 0 Å². The molecule has 1 atom stereocenters. The number of anilines is 1. The number of aromatic nitrogens is 2. The van der Waals surface area contributed by atoms with Crippen molar-refractivity contribution in [3.8, 4) is 0 Å². The molecule has 1 aliphatic rings. The number of carbonyl (C=O) groups is 1. The minimum Gasteiger partial charge on any atom is -0.314 e. The van der Waals surface area contributed by atoms with Crippen LogP contribution in [0.2, 0.25) is 0 Å². The predicted molar refractivity (Wildman–Crippen MR) is 68.0 cm³/mol. The Bertz CT molecular complexity index is 346. The first-order valence-electron chi connectivity index (χ1n) is 6.09. The van der Waals surface area contributed by atoms with Crippen LogP contribution in [0, 0.1) is 0 Å². The number of amides is 1. The maximum atomic E-state index is 12.0. The van der Waals surface area contributed by atoms with E-state index in [2.05, 4.69) is 19.8 Å². The van der Waals surface area contributed by atoms with Crippen LogP contribution in [0.3, 0.4) is 0 Å². The van der Waals surface area contributed by atoms with Gasteiger partial charge in [-0.3, -0.25) is 9.69 Å². The van der Waals surface area contributed by atoms with Gasteiger partial charge in [-0.2, -0.15) is 0 Å². The van der Waals surface area contributed by atoms with Crippen molar-refractivity contribution >= 4 is 22.4 Å². The lowest BCUT2D eigenvalue weighted by Gasteiger charge is -2.26. The van der Waals surface area contributed by atoms with Gasteiger partial charge in [-0.25, -0.2) is 0 Å².